The molecule has 1 amide bonds. The number of hydrogen-bond acceptors (Lipinski definition) is 5. The van der Waals surface area contributed by atoms with Crippen molar-refractivity contribution in [3.8, 4) is 10.6 Å². The van der Waals surface area contributed by atoms with Gasteiger partial charge in [-0.1, -0.05) is 45.8 Å². The number of thiazole rings is 1. The maximum Gasteiger partial charge on any atom is 0.358 e. The summed E-state index contributed by atoms with van der Waals surface area (Å²) < 4.78 is 6.03. The standard InChI is InChI=1S/C20H17BrN2O3S/c1-12-3-5-14(6-4-12)19-23-17(11-27-19)20(25)26-10-18(24)22-15-7-8-16(21)13(2)9-15/h3-9,11H,10H2,1-2H3,(H,22,24). The number of ether oxygens (including phenoxy) is 1. The second-order valence-electron chi connectivity index (χ2n) is 5.99. The van der Waals surface area contributed by atoms with Gasteiger partial charge in [-0.3, -0.25) is 4.79 Å². The molecule has 0 radical (unpaired) electrons. The van der Waals surface area contributed by atoms with Gasteiger partial charge in [0.15, 0.2) is 12.3 Å². The number of benzene rings is 2. The van der Waals surface area contributed by atoms with E-state index in [1.165, 1.54) is 11.3 Å². The van der Waals surface area contributed by atoms with Crippen molar-refractivity contribution >= 4 is 44.8 Å². The fourth-order valence-corrected chi connectivity index (χ4v) is 3.36. The number of rotatable bonds is 5. The first-order valence-electron chi connectivity index (χ1n) is 8.18. The third-order valence-corrected chi connectivity index (χ3v) is 5.57. The first-order valence-corrected chi connectivity index (χ1v) is 9.85. The van der Waals surface area contributed by atoms with Gasteiger partial charge in [-0.2, -0.15) is 0 Å². The third kappa shape index (κ3) is 5.02. The van der Waals surface area contributed by atoms with Crippen LogP contribution < -0.4 is 5.32 Å². The molecule has 0 unspecified atom stereocenters. The van der Waals surface area contributed by atoms with Crippen molar-refractivity contribution in [1.29, 1.82) is 0 Å². The van der Waals surface area contributed by atoms with Crippen molar-refractivity contribution in [3.05, 3.63) is 69.1 Å². The number of anilines is 1. The molecule has 5 nitrogen and oxygen atoms in total. The Kier molecular flexibility index (Phi) is 6.03. The van der Waals surface area contributed by atoms with Gasteiger partial charge in [0.2, 0.25) is 0 Å². The Morgan fingerprint density at radius 2 is 1.89 bits per heavy atom. The van der Waals surface area contributed by atoms with Crippen molar-refractivity contribution in [2.75, 3.05) is 11.9 Å². The predicted molar refractivity (Wildman–Crippen MR) is 110 cm³/mol. The molecule has 138 valence electrons. The normalized spacial score (nSPS) is 10.5. The Balaban J connectivity index is 1.56. The molecule has 0 aliphatic heterocycles. The van der Waals surface area contributed by atoms with E-state index in [9.17, 15) is 9.59 Å². The molecule has 27 heavy (non-hydrogen) atoms. The van der Waals surface area contributed by atoms with Crippen LogP contribution in [0.4, 0.5) is 5.69 Å². The van der Waals surface area contributed by atoms with Crippen molar-refractivity contribution < 1.29 is 14.3 Å². The third-order valence-electron chi connectivity index (χ3n) is 3.79. The largest absolute Gasteiger partial charge is 0.451 e. The van der Waals surface area contributed by atoms with Gasteiger partial charge in [0.25, 0.3) is 5.91 Å². The summed E-state index contributed by atoms with van der Waals surface area (Å²) in [5.41, 5.74) is 3.93. The number of aromatic nitrogens is 1. The van der Waals surface area contributed by atoms with Crippen LogP contribution in [0.5, 0.6) is 0 Å². The molecule has 2 aromatic carbocycles. The number of esters is 1. The Bertz CT molecular complexity index is 983. The summed E-state index contributed by atoms with van der Waals surface area (Å²) in [4.78, 5) is 28.4. The highest BCUT2D eigenvalue weighted by molar-refractivity contribution is 9.10. The molecule has 1 heterocycles. The first-order chi connectivity index (χ1) is 12.9. The molecule has 3 aromatic rings. The second kappa shape index (κ2) is 8.45. The van der Waals surface area contributed by atoms with E-state index in [0.29, 0.717) is 5.69 Å². The summed E-state index contributed by atoms with van der Waals surface area (Å²) in [6.07, 6.45) is 0. The summed E-state index contributed by atoms with van der Waals surface area (Å²) in [6, 6.07) is 13.3. The smallest absolute Gasteiger partial charge is 0.358 e. The summed E-state index contributed by atoms with van der Waals surface area (Å²) in [5.74, 6) is -1.02. The minimum absolute atomic E-state index is 0.197. The van der Waals surface area contributed by atoms with Gasteiger partial charge in [0.05, 0.1) is 0 Å². The van der Waals surface area contributed by atoms with Gasteiger partial charge in [-0.25, -0.2) is 9.78 Å². The Morgan fingerprint density at radius 3 is 2.59 bits per heavy atom. The Morgan fingerprint density at radius 1 is 1.15 bits per heavy atom. The molecule has 3 rings (SSSR count). The van der Waals surface area contributed by atoms with E-state index in [1.54, 1.807) is 11.4 Å². The van der Waals surface area contributed by atoms with Crippen molar-refractivity contribution in [1.82, 2.24) is 4.98 Å². The molecular weight excluding hydrogens is 428 g/mol. The summed E-state index contributed by atoms with van der Waals surface area (Å²) >= 11 is 4.77. The Hall–Kier alpha value is -2.51. The molecule has 1 aromatic heterocycles. The summed E-state index contributed by atoms with van der Waals surface area (Å²) in [5, 5.41) is 5.06. The molecule has 0 saturated carbocycles. The van der Waals surface area contributed by atoms with E-state index >= 15 is 0 Å². The molecule has 0 saturated heterocycles. The maximum atomic E-state index is 12.1. The van der Waals surface area contributed by atoms with Crippen LogP contribution in [0.2, 0.25) is 0 Å². The number of carbonyl (C=O) groups is 2. The molecule has 0 fully saturated rings. The van der Waals surface area contributed by atoms with Crippen LogP contribution in [0.15, 0.2) is 52.3 Å². The predicted octanol–water partition coefficient (Wildman–Crippen LogP) is 4.98. The van der Waals surface area contributed by atoms with Crippen LogP contribution in [0.25, 0.3) is 10.6 Å². The quantitative estimate of drug-likeness (QED) is 0.563. The number of amides is 1. The number of carbonyl (C=O) groups excluding carboxylic acids is 2. The highest BCUT2D eigenvalue weighted by Gasteiger charge is 2.15. The van der Waals surface area contributed by atoms with Crippen LogP contribution >= 0.6 is 27.3 Å². The average molecular weight is 445 g/mol. The molecule has 7 heteroatoms. The Labute approximate surface area is 169 Å². The lowest BCUT2D eigenvalue weighted by Crippen LogP contribution is -2.21. The summed E-state index contributed by atoms with van der Waals surface area (Å²) in [7, 11) is 0. The fourth-order valence-electron chi connectivity index (χ4n) is 2.32. The molecule has 0 spiro atoms. The maximum absolute atomic E-state index is 12.1. The number of hydrogen-bond donors (Lipinski definition) is 1. The fraction of sp³-hybridized carbons (Fsp3) is 0.150. The highest BCUT2D eigenvalue weighted by atomic mass is 79.9. The average Bonchev–Trinajstić information content (AvgIpc) is 3.13. The van der Waals surface area contributed by atoms with E-state index in [4.69, 9.17) is 4.74 Å². The second-order valence-corrected chi connectivity index (χ2v) is 7.70. The lowest BCUT2D eigenvalue weighted by molar-refractivity contribution is -0.119. The van der Waals surface area contributed by atoms with Gasteiger partial charge in [0.1, 0.15) is 5.01 Å². The molecule has 0 aliphatic carbocycles. The zero-order chi connectivity index (χ0) is 19.4. The highest BCUT2D eigenvalue weighted by Crippen LogP contribution is 2.24. The van der Waals surface area contributed by atoms with Crippen LogP contribution in [-0.4, -0.2) is 23.5 Å². The lowest BCUT2D eigenvalue weighted by atomic mass is 10.2. The zero-order valence-electron chi connectivity index (χ0n) is 14.8. The van der Waals surface area contributed by atoms with E-state index in [0.717, 1.165) is 26.2 Å². The van der Waals surface area contributed by atoms with Crippen LogP contribution in [0, 0.1) is 13.8 Å². The van der Waals surface area contributed by atoms with E-state index in [2.05, 4.69) is 26.2 Å². The van der Waals surface area contributed by atoms with Gasteiger partial charge in [0, 0.05) is 21.1 Å². The summed E-state index contributed by atoms with van der Waals surface area (Å²) in [6.45, 7) is 3.56. The van der Waals surface area contributed by atoms with Gasteiger partial charge < -0.3 is 10.1 Å². The molecule has 1 N–H and O–H groups in total. The van der Waals surface area contributed by atoms with Gasteiger partial charge in [-0.05, 0) is 37.6 Å². The molecule has 0 aliphatic rings. The van der Waals surface area contributed by atoms with Crippen LogP contribution in [0.1, 0.15) is 21.6 Å². The van der Waals surface area contributed by atoms with Crippen molar-refractivity contribution in [3.63, 3.8) is 0 Å². The number of nitrogens with one attached hydrogen (secondary N) is 1. The minimum atomic E-state index is -0.619. The van der Waals surface area contributed by atoms with Crippen molar-refractivity contribution in [2.24, 2.45) is 0 Å². The number of halogens is 1. The van der Waals surface area contributed by atoms with Gasteiger partial charge >= 0.3 is 5.97 Å². The van der Waals surface area contributed by atoms with Crippen molar-refractivity contribution in [2.45, 2.75) is 13.8 Å². The number of aryl methyl sites for hydroxylation is 2. The molecular formula is C20H17BrN2O3S. The minimum Gasteiger partial charge on any atom is -0.451 e. The lowest BCUT2D eigenvalue weighted by Gasteiger charge is -2.07. The molecule has 0 bridgehead atoms. The van der Waals surface area contributed by atoms with E-state index in [1.807, 2.05) is 50.2 Å². The zero-order valence-corrected chi connectivity index (χ0v) is 17.2. The number of nitrogens with zero attached hydrogens (tertiary/aromatic N) is 1. The van der Waals surface area contributed by atoms with E-state index in [-0.39, 0.29) is 12.3 Å². The van der Waals surface area contributed by atoms with Gasteiger partial charge in [-0.15, -0.1) is 11.3 Å². The van der Waals surface area contributed by atoms with Crippen LogP contribution in [-0.2, 0) is 9.53 Å². The van der Waals surface area contributed by atoms with Crippen LogP contribution in [0.3, 0.4) is 0 Å². The van der Waals surface area contributed by atoms with E-state index < -0.39 is 11.9 Å². The monoisotopic (exact) mass is 444 g/mol. The first kappa shape index (κ1) is 19.3. The molecule has 0 atom stereocenters. The topological polar surface area (TPSA) is 68.3 Å². The SMILES string of the molecule is Cc1ccc(-c2nc(C(=O)OCC(=O)Nc3ccc(Br)c(C)c3)cs2)cc1.